The molecule has 0 amide bonds. The Bertz CT molecular complexity index is 393. The fourth-order valence-electron chi connectivity index (χ4n) is 3.31. The van der Waals surface area contributed by atoms with Gasteiger partial charge in [-0.3, -0.25) is 4.98 Å². The van der Waals surface area contributed by atoms with Crippen LogP contribution in [-0.2, 0) is 11.3 Å². The average Bonchev–Trinajstić information content (AvgIpc) is 2.48. The number of ether oxygens (including phenoxy) is 1. The minimum Gasteiger partial charge on any atom is -0.377 e. The van der Waals surface area contributed by atoms with E-state index in [0.29, 0.717) is 6.10 Å². The van der Waals surface area contributed by atoms with Crippen molar-refractivity contribution in [3.05, 3.63) is 30.1 Å². The predicted octanol–water partition coefficient (Wildman–Crippen LogP) is 3.65. The van der Waals surface area contributed by atoms with E-state index in [1.807, 2.05) is 24.4 Å². The van der Waals surface area contributed by atoms with Crippen molar-refractivity contribution in [1.29, 1.82) is 0 Å². The standard InChI is InChI=1S/C18H30N2O/c1-14(2)17-8-7-15(3)12-18(17)21-11-10-19-13-16-6-4-5-9-20-16/h4-6,9,14-15,17-19H,7-8,10-13H2,1-3H3. The van der Waals surface area contributed by atoms with Gasteiger partial charge in [-0.25, -0.2) is 0 Å². The molecule has 3 nitrogen and oxygen atoms in total. The molecule has 0 aliphatic heterocycles. The Morgan fingerprint density at radius 2 is 2.19 bits per heavy atom. The Labute approximate surface area is 129 Å². The van der Waals surface area contributed by atoms with Crippen molar-refractivity contribution in [1.82, 2.24) is 10.3 Å². The smallest absolute Gasteiger partial charge is 0.0608 e. The van der Waals surface area contributed by atoms with Crippen molar-refractivity contribution in [3.63, 3.8) is 0 Å². The molecule has 1 N–H and O–H groups in total. The molecule has 1 fully saturated rings. The van der Waals surface area contributed by atoms with E-state index < -0.39 is 0 Å². The Kier molecular flexibility index (Phi) is 6.65. The number of aromatic nitrogens is 1. The molecule has 118 valence electrons. The number of pyridine rings is 1. The van der Waals surface area contributed by atoms with Crippen molar-refractivity contribution in [3.8, 4) is 0 Å². The van der Waals surface area contributed by atoms with Crippen molar-refractivity contribution < 1.29 is 4.74 Å². The van der Waals surface area contributed by atoms with Crippen LogP contribution in [0.2, 0.25) is 0 Å². The van der Waals surface area contributed by atoms with Crippen LogP contribution in [0.1, 0.15) is 45.7 Å². The molecule has 1 aliphatic rings. The second-order valence-corrected chi connectivity index (χ2v) is 6.73. The number of rotatable bonds is 7. The molecule has 3 heteroatoms. The van der Waals surface area contributed by atoms with Crippen LogP contribution in [0.15, 0.2) is 24.4 Å². The van der Waals surface area contributed by atoms with Gasteiger partial charge in [0, 0.05) is 19.3 Å². The van der Waals surface area contributed by atoms with Crippen LogP contribution in [0.5, 0.6) is 0 Å². The quantitative estimate of drug-likeness (QED) is 0.778. The molecule has 3 atom stereocenters. The predicted molar refractivity (Wildman–Crippen MR) is 87.0 cm³/mol. The Morgan fingerprint density at radius 3 is 2.90 bits per heavy atom. The van der Waals surface area contributed by atoms with Gasteiger partial charge in [-0.2, -0.15) is 0 Å². The minimum absolute atomic E-state index is 0.449. The first-order valence-corrected chi connectivity index (χ1v) is 8.39. The Balaban J connectivity index is 1.66. The van der Waals surface area contributed by atoms with Crippen LogP contribution in [-0.4, -0.2) is 24.2 Å². The zero-order valence-electron chi connectivity index (χ0n) is 13.7. The van der Waals surface area contributed by atoms with Crippen molar-refractivity contribution in [2.45, 2.75) is 52.7 Å². The topological polar surface area (TPSA) is 34.1 Å². The van der Waals surface area contributed by atoms with Crippen LogP contribution in [0.4, 0.5) is 0 Å². The van der Waals surface area contributed by atoms with Gasteiger partial charge in [0.2, 0.25) is 0 Å². The van der Waals surface area contributed by atoms with Gasteiger partial charge in [-0.1, -0.05) is 33.3 Å². The largest absolute Gasteiger partial charge is 0.377 e. The molecular weight excluding hydrogens is 260 g/mol. The normalized spacial score (nSPS) is 26.2. The monoisotopic (exact) mass is 290 g/mol. The molecule has 0 bridgehead atoms. The van der Waals surface area contributed by atoms with Gasteiger partial charge in [-0.15, -0.1) is 0 Å². The van der Waals surface area contributed by atoms with E-state index in [1.54, 1.807) is 0 Å². The third-order valence-corrected chi connectivity index (χ3v) is 4.60. The molecule has 1 heterocycles. The third-order valence-electron chi connectivity index (χ3n) is 4.60. The van der Waals surface area contributed by atoms with Crippen LogP contribution in [0, 0.1) is 17.8 Å². The van der Waals surface area contributed by atoms with Crippen molar-refractivity contribution >= 4 is 0 Å². The van der Waals surface area contributed by atoms with E-state index in [0.717, 1.165) is 43.1 Å². The Morgan fingerprint density at radius 1 is 1.33 bits per heavy atom. The number of hydrogen-bond acceptors (Lipinski definition) is 3. The summed E-state index contributed by atoms with van der Waals surface area (Å²) in [6, 6.07) is 6.02. The summed E-state index contributed by atoms with van der Waals surface area (Å²) in [5, 5.41) is 3.41. The lowest BCUT2D eigenvalue weighted by atomic mass is 9.75. The van der Waals surface area contributed by atoms with E-state index in [1.165, 1.54) is 19.3 Å². The van der Waals surface area contributed by atoms with E-state index in [-0.39, 0.29) is 0 Å². The third kappa shape index (κ3) is 5.40. The Hall–Kier alpha value is -0.930. The molecule has 3 unspecified atom stereocenters. The zero-order chi connectivity index (χ0) is 15.1. The van der Waals surface area contributed by atoms with Crippen LogP contribution in [0.25, 0.3) is 0 Å². The van der Waals surface area contributed by atoms with Gasteiger partial charge in [-0.05, 0) is 42.7 Å². The van der Waals surface area contributed by atoms with Crippen LogP contribution >= 0.6 is 0 Å². The van der Waals surface area contributed by atoms with Crippen molar-refractivity contribution in [2.75, 3.05) is 13.2 Å². The van der Waals surface area contributed by atoms with Crippen LogP contribution in [0.3, 0.4) is 0 Å². The molecule has 1 aromatic heterocycles. The summed E-state index contributed by atoms with van der Waals surface area (Å²) < 4.78 is 6.18. The van der Waals surface area contributed by atoms with Gasteiger partial charge in [0.25, 0.3) is 0 Å². The zero-order valence-corrected chi connectivity index (χ0v) is 13.7. The maximum Gasteiger partial charge on any atom is 0.0608 e. The molecule has 1 aliphatic carbocycles. The second-order valence-electron chi connectivity index (χ2n) is 6.73. The molecule has 0 aromatic carbocycles. The van der Waals surface area contributed by atoms with E-state index in [2.05, 4.69) is 31.1 Å². The molecule has 2 rings (SSSR count). The lowest BCUT2D eigenvalue weighted by Gasteiger charge is -2.37. The maximum atomic E-state index is 6.18. The first kappa shape index (κ1) is 16.4. The average molecular weight is 290 g/mol. The fraction of sp³-hybridized carbons (Fsp3) is 0.722. The first-order valence-electron chi connectivity index (χ1n) is 8.39. The summed E-state index contributed by atoms with van der Waals surface area (Å²) in [7, 11) is 0. The van der Waals surface area contributed by atoms with Gasteiger partial charge >= 0.3 is 0 Å². The summed E-state index contributed by atoms with van der Waals surface area (Å²) in [6.07, 6.45) is 6.20. The maximum absolute atomic E-state index is 6.18. The van der Waals surface area contributed by atoms with E-state index in [4.69, 9.17) is 4.74 Å². The van der Waals surface area contributed by atoms with Crippen molar-refractivity contribution in [2.24, 2.45) is 17.8 Å². The fourth-order valence-corrected chi connectivity index (χ4v) is 3.31. The molecule has 0 radical (unpaired) electrons. The number of hydrogen-bond donors (Lipinski definition) is 1. The number of nitrogens with one attached hydrogen (secondary N) is 1. The van der Waals surface area contributed by atoms with Crippen LogP contribution < -0.4 is 5.32 Å². The highest BCUT2D eigenvalue weighted by molar-refractivity contribution is 5.02. The summed E-state index contributed by atoms with van der Waals surface area (Å²) in [4.78, 5) is 4.31. The van der Waals surface area contributed by atoms with Gasteiger partial charge in [0.15, 0.2) is 0 Å². The number of nitrogens with zero attached hydrogens (tertiary/aromatic N) is 1. The first-order chi connectivity index (χ1) is 10.2. The lowest BCUT2D eigenvalue weighted by molar-refractivity contribution is -0.0367. The van der Waals surface area contributed by atoms with E-state index in [9.17, 15) is 0 Å². The molecular formula is C18H30N2O. The second kappa shape index (κ2) is 8.50. The highest BCUT2D eigenvalue weighted by Crippen LogP contribution is 2.35. The molecule has 21 heavy (non-hydrogen) atoms. The summed E-state index contributed by atoms with van der Waals surface area (Å²) in [5.41, 5.74) is 1.09. The molecule has 0 spiro atoms. The minimum atomic E-state index is 0.449. The molecule has 1 aromatic rings. The summed E-state index contributed by atoms with van der Waals surface area (Å²) in [5.74, 6) is 2.27. The van der Waals surface area contributed by atoms with Gasteiger partial charge in [0.1, 0.15) is 0 Å². The lowest BCUT2D eigenvalue weighted by Crippen LogP contribution is -2.35. The molecule has 1 saturated carbocycles. The highest BCUT2D eigenvalue weighted by atomic mass is 16.5. The molecule has 0 saturated heterocycles. The SMILES string of the molecule is CC1CCC(C(C)C)C(OCCNCc2ccccn2)C1. The summed E-state index contributed by atoms with van der Waals surface area (Å²) in [6.45, 7) is 9.53. The van der Waals surface area contributed by atoms with Gasteiger partial charge in [0.05, 0.1) is 18.4 Å². The highest BCUT2D eigenvalue weighted by Gasteiger charge is 2.31. The van der Waals surface area contributed by atoms with E-state index >= 15 is 0 Å². The summed E-state index contributed by atoms with van der Waals surface area (Å²) >= 11 is 0. The van der Waals surface area contributed by atoms with Gasteiger partial charge < -0.3 is 10.1 Å².